The number of amides is 2. The molecule has 5 rings (SSSR count). The van der Waals surface area contributed by atoms with Gasteiger partial charge in [0.1, 0.15) is 11.5 Å². The SMILES string of the molecule is COc1ccc(-c2ccc3c(c2)[C@@H]2[C@@H](CCN2C(=O)Nc2ccccc2OC)[C@@H](CO)N3C)cc1. The number of hydrogen-bond acceptors (Lipinski definition) is 5. The van der Waals surface area contributed by atoms with Gasteiger partial charge in [0, 0.05) is 25.2 Å². The van der Waals surface area contributed by atoms with Crippen LogP contribution in [0.2, 0.25) is 0 Å². The number of fused-ring (bicyclic) bond motifs is 3. The first-order valence-corrected chi connectivity index (χ1v) is 11.9. The van der Waals surface area contributed by atoms with Crippen LogP contribution in [-0.4, -0.2) is 56.5 Å². The quantitative estimate of drug-likeness (QED) is 0.558. The van der Waals surface area contributed by atoms with E-state index in [4.69, 9.17) is 9.47 Å². The lowest BCUT2D eigenvalue weighted by molar-refractivity contribution is 0.168. The lowest BCUT2D eigenvalue weighted by atomic mass is 9.81. The van der Waals surface area contributed by atoms with E-state index in [-0.39, 0.29) is 30.6 Å². The summed E-state index contributed by atoms with van der Waals surface area (Å²) < 4.78 is 10.7. The number of para-hydroxylation sites is 2. The Balaban J connectivity index is 1.52. The van der Waals surface area contributed by atoms with Gasteiger partial charge >= 0.3 is 6.03 Å². The van der Waals surface area contributed by atoms with Crippen molar-refractivity contribution in [2.24, 2.45) is 5.92 Å². The monoisotopic (exact) mass is 473 g/mol. The molecule has 0 saturated carbocycles. The Morgan fingerprint density at radius 3 is 2.49 bits per heavy atom. The molecule has 1 saturated heterocycles. The van der Waals surface area contributed by atoms with E-state index < -0.39 is 0 Å². The highest BCUT2D eigenvalue weighted by Crippen LogP contribution is 2.49. The smallest absolute Gasteiger partial charge is 0.322 e. The van der Waals surface area contributed by atoms with E-state index in [2.05, 4.69) is 28.4 Å². The summed E-state index contributed by atoms with van der Waals surface area (Å²) in [5.74, 6) is 1.56. The zero-order valence-electron chi connectivity index (χ0n) is 20.3. The number of hydrogen-bond donors (Lipinski definition) is 2. The molecule has 1 fully saturated rings. The van der Waals surface area contributed by atoms with Crippen molar-refractivity contribution in [2.45, 2.75) is 18.5 Å². The first kappa shape index (κ1) is 23.1. The minimum Gasteiger partial charge on any atom is -0.497 e. The standard InChI is InChI=1S/C28H31N3O4/c1-30-24-13-10-19(18-8-11-20(34-2)12-9-18)16-22(24)27-21(25(30)17-32)14-15-31(27)28(33)29-23-6-4-5-7-26(23)35-3/h4-13,16,21,25,27,32H,14-15,17H2,1-3H3,(H,29,33)/t21-,25+,27-/m0/s1. The van der Waals surface area contributed by atoms with Gasteiger partial charge in [-0.1, -0.05) is 30.3 Å². The number of ether oxygens (including phenoxy) is 2. The minimum atomic E-state index is -0.163. The Bertz CT molecular complexity index is 1210. The van der Waals surface area contributed by atoms with Gasteiger partial charge in [-0.15, -0.1) is 0 Å². The molecule has 0 aromatic heterocycles. The Morgan fingerprint density at radius 2 is 1.77 bits per heavy atom. The molecule has 182 valence electrons. The molecular formula is C28H31N3O4. The van der Waals surface area contributed by atoms with Gasteiger partial charge < -0.3 is 29.7 Å². The van der Waals surface area contributed by atoms with Crippen LogP contribution in [0.5, 0.6) is 11.5 Å². The number of aliphatic hydroxyl groups excluding tert-OH is 1. The van der Waals surface area contributed by atoms with Gasteiger partial charge in [-0.05, 0) is 59.5 Å². The molecular weight excluding hydrogens is 442 g/mol. The van der Waals surface area contributed by atoms with Gasteiger partial charge in [-0.3, -0.25) is 0 Å². The molecule has 3 aromatic rings. The molecule has 0 bridgehead atoms. The summed E-state index contributed by atoms with van der Waals surface area (Å²) in [6.45, 7) is 0.659. The van der Waals surface area contributed by atoms with Crippen molar-refractivity contribution in [3.05, 3.63) is 72.3 Å². The molecule has 35 heavy (non-hydrogen) atoms. The molecule has 7 nitrogen and oxygen atoms in total. The number of nitrogens with zero attached hydrogens (tertiary/aromatic N) is 2. The van der Waals surface area contributed by atoms with Crippen LogP contribution >= 0.6 is 0 Å². The normalized spacial score (nSPS) is 20.7. The van der Waals surface area contributed by atoms with E-state index in [9.17, 15) is 9.90 Å². The Morgan fingerprint density at radius 1 is 1.03 bits per heavy atom. The fourth-order valence-corrected chi connectivity index (χ4v) is 5.58. The highest BCUT2D eigenvalue weighted by atomic mass is 16.5. The number of benzene rings is 3. The number of methoxy groups -OCH3 is 2. The van der Waals surface area contributed by atoms with E-state index in [0.717, 1.165) is 34.5 Å². The molecule has 2 aliphatic heterocycles. The Kier molecular flexibility index (Phi) is 6.26. The molecule has 2 N–H and O–H groups in total. The van der Waals surface area contributed by atoms with E-state index in [0.29, 0.717) is 18.0 Å². The number of likely N-dealkylation sites (tertiary alicyclic amines) is 1. The van der Waals surface area contributed by atoms with Crippen LogP contribution in [0.1, 0.15) is 18.0 Å². The summed E-state index contributed by atoms with van der Waals surface area (Å²) >= 11 is 0. The second-order valence-corrected chi connectivity index (χ2v) is 9.08. The highest BCUT2D eigenvalue weighted by Gasteiger charge is 2.47. The predicted molar refractivity (Wildman–Crippen MR) is 137 cm³/mol. The number of carbonyl (C=O) groups is 1. The van der Waals surface area contributed by atoms with Crippen LogP contribution in [0.25, 0.3) is 11.1 Å². The molecule has 0 spiro atoms. The number of rotatable bonds is 5. The summed E-state index contributed by atoms with van der Waals surface area (Å²) in [5.41, 5.74) is 4.95. The molecule has 3 aromatic carbocycles. The molecule has 0 aliphatic carbocycles. The minimum absolute atomic E-state index is 0.0410. The molecule has 0 radical (unpaired) electrons. The van der Waals surface area contributed by atoms with Crippen molar-refractivity contribution in [2.75, 3.05) is 44.6 Å². The summed E-state index contributed by atoms with van der Waals surface area (Å²) in [5, 5.41) is 13.3. The summed E-state index contributed by atoms with van der Waals surface area (Å²) in [4.78, 5) is 17.6. The third kappa shape index (κ3) is 4.06. The number of aliphatic hydroxyl groups is 1. The van der Waals surface area contributed by atoms with E-state index in [1.165, 1.54) is 0 Å². The van der Waals surface area contributed by atoms with Gasteiger partial charge in [-0.25, -0.2) is 4.79 Å². The van der Waals surface area contributed by atoms with Crippen LogP contribution in [0.15, 0.2) is 66.7 Å². The molecule has 0 unspecified atom stereocenters. The maximum Gasteiger partial charge on any atom is 0.322 e. The number of anilines is 2. The maximum atomic E-state index is 13.5. The molecule has 2 heterocycles. The maximum absolute atomic E-state index is 13.5. The molecule has 7 heteroatoms. The Hall–Kier alpha value is -3.71. The molecule has 3 atom stereocenters. The van der Waals surface area contributed by atoms with Gasteiger partial charge in [0.05, 0.1) is 38.6 Å². The van der Waals surface area contributed by atoms with E-state index >= 15 is 0 Å². The summed E-state index contributed by atoms with van der Waals surface area (Å²) in [7, 11) is 5.28. The first-order chi connectivity index (χ1) is 17.0. The van der Waals surface area contributed by atoms with Crippen molar-refractivity contribution >= 4 is 17.4 Å². The summed E-state index contributed by atoms with van der Waals surface area (Å²) in [6, 6.07) is 21.4. The number of carbonyl (C=O) groups excluding carboxylic acids is 1. The zero-order valence-corrected chi connectivity index (χ0v) is 20.3. The van der Waals surface area contributed by atoms with Gasteiger partial charge in [0.2, 0.25) is 0 Å². The van der Waals surface area contributed by atoms with Crippen molar-refractivity contribution in [1.29, 1.82) is 0 Å². The average Bonchev–Trinajstić information content (AvgIpc) is 3.34. The van der Waals surface area contributed by atoms with Crippen molar-refractivity contribution in [3.63, 3.8) is 0 Å². The molecule has 2 aliphatic rings. The van der Waals surface area contributed by atoms with Crippen LogP contribution in [0.4, 0.5) is 16.2 Å². The van der Waals surface area contributed by atoms with Crippen molar-refractivity contribution in [3.8, 4) is 22.6 Å². The van der Waals surface area contributed by atoms with Crippen molar-refractivity contribution < 1.29 is 19.4 Å². The fraction of sp³-hybridized carbons (Fsp3) is 0.321. The third-order valence-corrected chi connectivity index (χ3v) is 7.38. The largest absolute Gasteiger partial charge is 0.497 e. The second-order valence-electron chi connectivity index (χ2n) is 9.08. The predicted octanol–water partition coefficient (Wildman–Crippen LogP) is 4.78. The second kappa shape index (κ2) is 9.50. The lowest BCUT2D eigenvalue weighted by Gasteiger charge is -2.44. The van der Waals surface area contributed by atoms with Crippen LogP contribution < -0.4 is 19.7 Å². The Labute approximate surface area is 205 Å². The average molecular weight is 474 g/mol. The lowest BCUT2D eigenvalue weighted by Crippen LogP contribution is -2.48. The summed E-state index contributed by atoms with van der Waals surface area (Å²) in [6.07, 6.45) is 0.825. The number of nitrogens with one attached hydrogen (secondary N) is 1. The van der Waals surface area contributed by atoms with Gasteiger partial charge in [0.25, 0.3) is 0 Å². The zero-order chi connectivity index (χ0) is 24.5. The van der Waals surface area contributed by atoms with E-state index in [1.807, 2.05) is 60.5 Å². The highest BCUT2D eigenvalue weighted by molar-refractivity contribution is 5.92. The van der Waals surface area contributed by atoms with Gasteiger partial charge in [-0.2, -0.15) is 0 Å². The van der Waals surface area contributed by atoms with Crippen LogP contribution in [-0.2, 0) is 0 Å². The van der Waals surface area contributed by atoms with Crippen LogP contribution in [0, 0.1) is 5.92 Å². The third-order valence-electron chi connectivity index (χ3n) is 7.38. The topological polar surface area (TPSA) is 74.3 Å². The van der Waals surface area contributed by atoms with E-state index in [1.54, 1.807) is 14.2 Å². The first-order valence-electron chi connectivity index (χ1n) is 11.9. The number of urea groups is 1. The van der Waals surface area contributed by atoms with Crippen LogP contribution in [0.3, 0.4) is 0 Å². The number of likely N-dealkylation sites (N-methyl/N-ethyl adjacent to an activating group) is 1. The van der Waals surface area contributed by atoms with Gasteiger partial charge in [0.15, 0.2) is 0 Å². The fourth-order valence-electron chi connectivity index (χ4n) is 5.58. The van der Waals surface area contributed by atoms with Crippen molar-refractivity contribution in [1.82, 2.24) is 4.90 Å². The molecule has 2 amide bonds.